The second-order valence-electron chi connectivity index (χ2n) is 14.4. The number of esters is 2. The van der Waals surface area contributed by atoms with E-state index in [2.05, 4.69) is 60.9 Å². The van der Waals surface area contributed by atoms with E-state index in [4.69, 9.17) is 19.1 Å². The van der Waals surface area contributed by atoms with Crippen molar-refractivity contribution in [1.29, 1.82) is 0 Å². The number of hydrogen-bond acceptors (Lipinski definition) is 9. The highest BCUT2D eigenvalue weighted by atomic mass is 31.2. The third kappa shape index (κ3) is 39.9. The number of rotatable bonds is 40. The van der Waals surface area contributed by atoms with Crippen molar-refractivity contribution in [1.82, 2.24) is 0 Å². The van der Waals surface area contributed by atoms with Crippen LogP contribution in [0.15, 0.2) is 48.6 Å². The lowest BCUT2D eigenvalue weighted by Crippen LogP contribution is -2.29. The van der Waals surface area contributed by atoms with E-state index in [0.717, 1.165) is 38.5 Å². The Kier molecular flexibility index (Phi) is 38.6. The third-order valence-electron chi connectivity index (χ3n) is 8.99. The fourth-order valence-corrected chi connectivity index (χ4v) is 6.42. The van der Waals surface area contributed by atoms with Crippen LogP contribution in [0.2, 0.25) is 0 Å². The van der Waals surface area contributed by atoms with E-state index < -0.39 is 51.8 Å². The van der Waals surface area contributed by atoms with Crippen molar-refractivity contribution in [2.24, 2.45) is 0 Å². The van der Waals surface area contributed by atoms with Crippen molar-refractivity contribution in [2.45, 2.75) is 193 Å². The minimum atomic E-state index is -4.63. The predicted octanol–water partition coefficient (Wildman–Crippen LogP) is 11.3. The summed E-state index contributed by atoms with van der Waals surface area (Å²) in [5.41, 5.74) is 0. The summed E-state index contributed by atoms with van der Waals surface area (Å²) >= 11 is 0. The van der Waals surface area contributed by atoms with Crippen molar-refractivity contribution in [3.63, 3.8) is 0 Å². The maximum absolute atomic E-state index is 12.6. The number of hydrogen-bond donors (Lipinski definition) is 3. The molecule has 10 nitrogen and oxygen atoms in total. The third-order valence-corrected chi connectivity index (χ3v) is 9.94. The van der Waals surface area contributed by atoms with Crippen LogP contribution in [0.3, 0.4) is 0 Å². The molecule has 11 heteroatoms. The Hall–Kier alpha value is -2.07. The summed E-state index contributed by atoms with van der Waals surface area (Å²) in [7, 11) is -4.63. The Morgan fingerprint density at radius 1 is 0.545 bits per heavy atom. The predicted molar refractivity (Wildman–Crippen MR) is 224 cm³/mol. The normalized spacial score (nSPS) is 14.3. The molecule has 320 valence electrons. The topological polar surface area (TPSA) is 149 Å². The summed E-state index contributed by atoms with van der Waals surface area (Å²) in [6.45, 7) is 2.30. The van der Waals surface area contributed by atoms with Crippen LogP contribution in [0, 0.1) is 0 Å². The molecule has 0 radical (unpaired) electrons. The molecule has 0 rings (SSSR count). The van der Waals surface area contributed by atoms with Crippen LogP contribution in [-0.2, 0) is 32.7 Å². The lowest BCUT2D eigenvalue weighted by atomic mass is 10.1. The van der Waals surface area contributed by atoms with E-state index in [1.165, 1.54) is 96.3 Å². The SMILES string of the molecule is CCCCCCCCC/C=C/C/C=C/C/C=C/C/C=C/CCCC(=O)O[C@H](COC(=O)CCCCCCCCCCCCC)COP(=O)(O)OC[C@@H](O)CO. The van der Waals surface area contributed by atoms with Gasteiger partial charge in [-0.2, -0.15) is 0 Å². The smallest absolute Gasteiger partial charge is 0.462 e. The second-order valence-corrected chi connectivity index (χ2v) is 15.8. The number of phosphoric ester groups is 1. The van der Waals surface area contributed by atoms with E-state index in [-0.39, 0.29) is 19.4 Å². The zero-order valence-electron chi connectivity index (χ0n) is 34.6. The highest BCUT2D eigenvalue weighted by Gasteiger charge is 2.27. The zero-order valence-corrected chi connectivity index (χ0v) is 35.5. The number of allylic oxidation sites excluding steroid dienone is 8. The average Bonchev–Trinajstić information content (AvgIpc) is 3.17. The molecule has 0 spiro atoms. The molecule has 0 aliphatic rings. The summed E-state index contributed by atoms with van der Waals surface area (Å²) in [6, 6.07) is 0. The molecule has 1 unspecified atom stereocenters. The summed E-state index contributed by atoms with van der Waals surface area (Å²) < 4.78 is 32.6. The first-order valence-electron chi connectivity index (χ1n) is 21.6. The molecular weight excluding hydrogens is 719 g/mol. The van der Waals surface area contributed by atoms with Crippen LogP contribution >= 0.6 is 7.82 Å². The highest BCUT2D eigenvalue weighted by Crippen LogP contribution is 2.43. The lowest BCUT2D eigenvalue weighted by Gasteiger charge is -2.20. The van der Waals surface area contributed by atoms with Crippen LogP contribution < -0.4 is 0 Å². The van der Waals surface area contributed by atoms with Crippen LogP contribution in [0.5, 0.6) is 0 Å². The van der Waals surface area contributed by atoms with Gasteiger partial charge in [0, 0.05) is 12.8 Å². The van der Waals surface area contributed by atoms with Gasteiger partial charge in [-0.1, -0.05) is 165 Å². The van der Waals surface area contributed by atoms with Gasteiger partial charge >= 0.3 is 19.8 Å². The van der Waals surface area contributed by atoms with Crippen LogP contribution in [0.25, 0.3) is 0 Å². The van der Waals surface area contributed by atoms with E-state index in [9.17, 15) is 24.2 Å². The van der Waals surface area contributed by atoms with Crippen molar-refractivity contribution < 1.29 is 47.8 Å². The van der Waals surface area contributed by atoms with E-state index in [1.54, 1.807) is 0 Å². The Morgan fingerprint density at radius 3 is 1.47 bits per heavy atom. The average molecular weight is 799 g/mol. The first kappa shape index (κ1) is 52.9. The zero-order chi connectivity index (χ0) is 40.5. The number of phosphoric acid groups is 1. The Morgan fingerprint density at radius 2 is 0.964 bits per heavy atom. The molecule has 55 heavy (non-hydrogen) atoms. The number of ether oxygens (including phenoxy) is 2. The van der Waals surface area contributed by atoms with Gasteiger partial charge in [0.1, 0.15) is 12.7 Å². The van der Waals surface area contributed by atoms with Gasteiger partial charge in [0.25, 0.3) is 0 Å². The van der Waals surface area contributed by atoms with Gasteiger partial charge in [-0.25, -0.2) is 4.57 Å². The number of aliphatic hydroxyl groups is 2. The van der Waals surface area contributed by atoms with E-state index in [1.807, 2.05) is 6.08 Å². The number of unbranched alkanes of at least 4 members (excludes halogenated alkanes) is 18. The maximum atomic E-state index is 12.6. The fourth-order valence-electron chi connectivity index (χ4n) is 5.63. The molecule has 3 N–H and O–H groups in total. The van der Waals surface area contributed by atoms with Gasteiger partial charge in [0.2, 0.25) is 0 Å². The molecule has 0 saturated carbocycles. The van der Waals surface area contributed by atoms with Crippen molar-refractivity contribution >= 4 is 19.8 Å². The van der Waals surface area contributed by atoms with Gasteiger partial charge in [0.05, 0.1) is 19.8 Å². The molecule has 0 aromatic carbocycles. The molecule has 0 aromatic rings. The lowest BCUT2D eigenvalue weighted by molar-refractivity contribution is -0.161. The summed E-state index contributed by atoms with van der Waals surface area (Å²) in [6.07, 6.45) is 42.3. The Labute approximate surface area is 334 Å². The van der Waals surface area contributed by atoms with Gasteiger partial charge in [-0.3, -0.25) is 18.6 Å². The minimum Gasteiger partial charge on any atom is -0.462 e. The first-order valence-corrected chi connectivity index (χ1v) is 23.1. The van der Waals surface area contributed by atoms with Crippen LogP contribution in [0.4, 0.5) is 0 Å². The number of aliphatic hydroxyl groups excluding tert-OH is 2. The molecule has 0 aromatic heterocycles. The Balaban J connectivity index is 4.38. The molecule has 0 saturated heterocycles. The van der Waals surface area contributed by atoms with Gasteiger partial charge < -0.3 is 24.6 Å². The van der Waals surface area contributed by atoms with Crippen molar-refractivity contribution in [3.8, 4) is 0 Å². The molecule has 0 heterocycles. The number of carbonyl (C=O) groups excluding carboxylic acids is 2. The molecular formula is C44H79O10P. The molecule has 3 atom stereocenters. The molecule has 0 amide bonds. The van der Waals surface area contributed by atoms with Crippen molar-refractivity contribution in [3.05, 3.63) is 48.6 Å². The summed E-state index contributed by atoms with van der Waals surface area (Å²) in [5, 5.41) is 18.3. The maximum Gasteiger partial charge on any atom is 0.472 e. The molecule has 0 bridgehead atoms. The van der Waals surface area contributed by atoms with Crippen molar-refractivity contribution in [2.75, 3.05) is 26.4 Å². The second kappa shape index (κ2) is 40.1. The van der Waals surface area contributed by atoms with E-state index >= 15 is 0 Å². The quantitative estimate of drug-likeness (QED) is 0.0237. The fraction of sp³-hybridized carbons (Fsp3) is 0.773. The van der Waals surface area contributed by atoms with Crippen LogP contribution in [-0.4, -0.2) is 65.7 Å². The van der Waals surface area contributed by atoms with E-state index in [0.29, 0.717) is 19.3 Å². The van der Waals surface area contributed by atoms with Gasteiger partial charge in [-0.05, 0) is 51.4 Å². The molecule has 0 aliphatic carbocycles. The van der Waals surface area contributed by atoms with Gasteiger partial charge in [-0.15, -0.1) is 0 Å². The van der Waals surface area contributed by atoms with Gasteiger partial charge in [0.15, 0.2) is 6.10 Å². The minimum absolute atomic E-state index is 0.109. The highest BCUT2D eigenvalue weighted by molar-refractivity contribution is 7.47. The molecule has 0 fully saturated rings. The summed E-state index contributed by atoms with van der Waals surface area (Å²) in [4.78, 5) is 34.9. The first-order chi connectivity index (χ1) is 26.7. The number of carbonyl (C=O) groups is 2. The Bertz CT molecular complexity index is 1060. The van der Waals surface area contributed by atoms with Crippen LogP contribution in [0.1, 0.15) is 181 Å². The largest absolute Gasteiger partial charge is 0.472 e. The summed E-state index contributed by atoms with van der Waals surface area (Å²) in [5.74, 6) is -0.990. The monoisotopic (exact) mass is 799 g/mol. The molecule has 0 aliphatic heterocycles. The standard InChI is InChI=1S/C44H79O10P/c1-3-5-7-9-11-13-15-16-17-18-19-20-21-22-23-24-26-28-30-32-34-36-44(48)54-42(40-53-55(49,50)52-38-41(46)37-45)39-51-43(47)35-33-31-29-27-25-14-12-10-8-6-4-2/h17-18,20-21,23-24,28,30,41-42,45-46H,3-16,19,22,25-27,29,31-40H2,1-2H3,(H,49,50)/b18-17+,21-20+,24-23+,30-28+/t41-,42+/m0/s1.